The molecule has 2 aliphatic rings. The van der Waals surface area contributed by atoms with Gasteiger partial charge in [0.15, 0.2) is 5.82 Å². The summed E-state index contributed by atoms with van der Waals surface area (Å²) in [6, 6.07) is 12.9. The van der Waals surface area contributed by atoms with Gasteiger partial charge in [-0.1, -0.05) is 24.3 Å². The number of anilines is 2. The number of carboxylic acids is 1. The normalized spacial score (nSPS) is 16.1. The van der Waals surface area contributed by atoms with Crippen LogP contribution in [0.2, 0.25) is 0 Å². The van der Waals surface area contributed by atoms with E-state index in [4.69, 9.17) is 0 Å². The highest BCUT2D eigenvalue weighted by atomic mass is 19.3. The van der Waals surface area contributed by atoms with Gasteiger partial charge in [0.1, 0.15) is 11.4 Å². The molecule has 1 aliphatic carbocycles. The zero-order valence-corrected chi connectivity index (χ0v) is 20.0. The molecule has 1 aliphatic heterocycles. The van der Waals surface area contributed by atoms with Gasteiger partial charge in [0.2, 0.25) is 11.8 Å². The van der Waals surface area contributed by atoms with Crippen LogP contribution in [0.15, 0.2) is 61.1 Å². The molecular formula is C27H22F2N6O3. The van der Waals surface area contributed by atoms with Crippen LogP contribution < -0.4 is 5.32 Å². The number of nitrogens with zero attached hydrogens (tertiary/aromatic N) is 4. The number of rotatable bonds is 6. The van der Waals surface area contributed by atoms with Gasteiger partial charge in [-0.25, -0.2) is 23.5 Å². The molecule has 11 heteroatoms. The van der Waals surface area contributed by atoms with Gasteiger partial charge in [0, 0.05) is 61.1 Å². The first kappa shape index (κ1) is 23.7. The quantitative estimate of drug-likeness (QED) is 0.334. The number of hydrogen-bond donors (Lipinski definition) is 3. The fourth-order valence-corrected chi connectivity index (χ4v) is 4.85. The second kappa shape index (κ2) is 9.02. The smallest absolute Gasteiger partial charge is 0.341 e. The number of aromatic amines is 1. The highest BCUT2D eigenvalue weighted by Gasteiger charge is 2.50. The number of amides is 1. The first-order valence-electron chi connectivity index (χ1n) is 12.0. The summed E-state index contributed by atoms with van der Waals surface area (Å²) in [5.74, 6) is -4.33. The van der Waals surface area contributed by atoms with Crippen molar-refractivity contribution >= 4 is 23.4 Å². The number of aromatic nitrogens is 4. The number of halogens is 2. The van der Waals surface area contributed by atoms with Crippen molar-refractivity contribution < 1.29 is 23.5 Å². The first-order valence-corrected chi connectivity index (χ1v) is 12.0. The van der Waals surface area contributed by atoms with Gasteiger partial charge in [-0.3, -0.25) is 9.89 Å². The summed E-state index contributed by atoms with van der Waals surface area (Å²) in [4.78, 5) is 34.8. The SMILES string of the molecule is O=C(O)c1cnc(-c2ccc3c(c2)CN(C(=O)C2CC(F)(F)C2)C3)nc1Nc1ccc(-c2cn[nH]c2)cc1. The van der Waals surface area contributed by atoms with Crippen molar-refractivity contribution in [3.63, 3.8) is 0 Å². The molecule has 6 rings (SSSR count). The van der Waals surface area contributed by atoms with Gasteiger partial charge in [-0.2, -0.15) is 5.10 Å². The van der Waals surface area contributed by atoms with E-state index in [-0.39, 0.29) is 17.3 Å². The molecule has 0 spiro atoms. The third-order valence-corrected chi connectivity index (χ3v) is 6.94. The molecule has 0 unspecified atom stereocenters. The highest BCUT2D eigenvalue weighted by Crippen LogP contribution is 2.44. The Labute approximate surface area is 215 Å². The Morgan fingerprint density at radius 2 is 1.74 bits per heavy atom. The van der Waals surface area contributed by atoms with Crippen LogP contribution in [0.1, 0.15) is 34.3 Å². The van der Waals surface area contributed by atoms with E-state index < -0.39 is 30.7 Å². The molecule has 1 fully saturated rings. The number of hydrogen-bond acceptors (Lipinski definition) is 6. The molecule has 1 saturated carbocycles. The monoisotopic (exact) mass is 516 g/mol. The van der Waals surface area contributed by atoms with Crippen LogP contribution in [0.5, 0.6) is 0 Å². The van der Waals surface area contributed by atoms with Gasteiger partial charge in [0.05, 0.1) is 6.20 Å². The molecule has 192 valence electrons. The molecule has 2 aromatic carbocycles. The number of aromatic carboxylic acids is 1. The third-order valence-electron chi connectivity index (χ3n) is 6.94. The van der Waals surface area contributed by atoms with Crippen molar-refractivity contribution in [3.8, 4) is 22.5 Å². The maximum Gasteiger partial charge on any atom is 0.341 e. The Kier molecular flexibility index (Phi) is 5.63. The predicted octanol–water partition coefficient (Wildman–Crippen LogP) is 4.86. The molecule has 3 heterocycles. The molecule has 2 aromatic heterocycles. The Hall–Kier alpha value is -4.67. The summed E-state index contributed by atoms with van der Waals surface area (Å²) in [6.45, 7) is 0.697. The molecular weight excluding hydrogens is 494 g/mol. The lowest BCUT2D eigenvalue weighted by Gasteiger charge is -2.36. The summed E-state index contributed by atoms with van der Waals surface area (Å²) in [5, 5.41) is 19.5. The molecule has 0 bridgehead atoms. The van der Waals surface area contributed by atoms with Crippen molar-refractivity contribution in [2.24, 2.45) is 5.92 Å². The second-order valence-corrected chi connectivity index (χ2v) is 9.59. The van der Waals surface area contributed by atoms with Crippen LogP contribution >= 0.6 is 0 Å². The number of H-pyrrole nitrogens is 1. The summed E-state index contributed by atoms with van der Waals surface area (Å²) >= 11 is 0. The minimum atomic E-state index is -2.74. The minimum absolute atomic E-state index is 0.0807. The van der Waals surface area contributed by atoms with Crippen LogP contribution in [-0.4, -0.2) is 48.0 Å². The van der Waals surface area contributed by atoms with Crippen LogP contribution in [0, 0.1) is 5.92 Å². The van der Waals surface area contributed by atoms with Gasteiger partial charge in [-0.05, 0) is 34.9 Å². The number of carbonyl (C=O) groups is 2. The van der Waals surface area contributed by atoms with Crippen molar-refractivity contribution in [1.29, 1.82) is 0 Å². The Morgan fingerprint density at radius 3 is 2.42 bits per heavy atom. The summed E-state index contributed by atoms with van der Waals surface area (Å²) in [7, 11) is 0. The number of carbonyl (C=O) groups excluding carboxylic acids is 1. The minimum Gasteiger partial charge on any atom is -0.477 e. The van der Waals surface area contributed by atoms with Crippen molar-refractivity contribution in [1.82, 2.24) is 25.1 Å². The van der Waals surface area contributed by atoms with Gasteiger partial charge >= 0.3 is 5.97 Å². The van der Waals surface area contributed by atoms with Gasteiger partial charge in [-0.15, -0.1) is 0 Å². The standard InChI is InChI=1S/C27H22F2N6O3/c28-27(29)8-19(9-27)25(36)35-13-17-2-1-16(7-18(17)14-35)23-30-12-22(26(37)38)24(34-23)33-21-5-3-15(4-6-21)20-10-31-32-11-20/h1-7,10-12,19H,8-9,13-14H2,(H,31,32)(H,37,38)(H,30,33,34). The first-order chi connectivity index (χ1) is 18.3. The van der Waals surface area contributed by atoms with Crippen LogP contribution in [0.3, 0.4) is 0 Å². The van der Waals surface area contributed by atoms with Crippen LogP contribution in [-0.2, 0) is 17.9 Å². The Bertz CT molecular complexity index is 1530. The fraction of sp³-hybridized carbons (Fsp3) is 0.222. The van der Waals surface area contributed by atoms with Crippen molar-refractivity contribution in [3.05, 3.63) is 77.7 Å². The van der Waals surface area contributed by atoms with E-state index in [1.54, 1.807) is 17.3 Å². The van der Waals surface area contributed by atoms with Crippen LogP contribution in [0.4, 0.5) is 20.3 Å². The molecule has 9 nitrogen and oxygen atoms in total. The van der Waals surface area contributed by atoms with E-state index in [0.717, 1.165) is 22.3 Å². The predicted molar refractivity (Wildman–Crippen MR) is 134 cm³/mol. The van der Waals surface area contributed by atoms with E-state index in [1.165, 1.54) is 6.20 Å². The molecule has 1 amide bonds. The Morgan fingerprint density at radius 1 is 1.00 bits per heavy atom. The third kappa shape index (κ3) is 4.47. The van der Waals surface area contributed by atoms with E-state index in [1.807, 2.05) is 42.5 Å². The fourth-order valence-electron chi connectivity index (χ4n) is 4.85. The number of fused-ring (bicyclic) bond motifs is 1. The summed E-state index contributed by atoms with van der Waals surface area (Å²) in [5.41, 5.74) is 4.92. The van der Waals surface area contributed by atoms with Gasteiger partial charge < -0.3 is 15.3 Å². The molecule has 0 radical (unpaired) electrons. The average molecular weight is 517 g/mol. The average Bonchev–Trinajstić information content (AvgIpc) is 3.57. The van der Waals surface area contributed by atoms with E-state index in [2.05, 4.69) is 25.5 Å². The highest BCUT2D eigenvalue weighted by molar-refractivity contribution is 5.94. The zero-order chi connectivity index (χ0) is 26.4. The summed E-state index contributed by atoms with van der Waals surface area (Å²) < 4.78 is 26.5. The number of carboxylic acid groups (broad SMARTS) is 1. The van der Waals surface area contributed by atoms with Crippen molar-refractivity contribution in [2.45, 2.75) is 31.9 Å². The van der Waals surface area contributed by atoms with Crippen molar-refractivity contribution in [2.75, 3.05) is 5.32 Å². The second-order valence-electron chi connectivity index (χ2n) is 9.59. The lowest BCUT2D eigenvalue weighted by Crippen LogP contribution is -2.45. The molecule has 0 saturated heterocycles. The van der Waals surface area contributed by atoms with Crippen LogP contribution in [0.25, 0.3) is 22.5 Å². The van der Waals surface area contributed by atoms with E-state index in [9.17, 15) is 23.5 Å². The molecule has 38 heavy (non-hydrogen) atoms. The summed E-state index contributed by atoms with van der Waals surface area (Å²) in [6.07, 6.45) is 3.95. The van der Waals surface area contributed by atoms with E-state index >= 15 is 0 Å². The lowest BCUT2D eigenvalue weighted by molar-refractivity contribution is -0.160. The maximum absolute atomic E-state index is 13.2. The maximum atomic E-state index is 13.2. The number of nitrogens with one attached hydrogen (secondary N) is 2. The number of benzene rings is 2. The van der Waals surface area contributed by atoms with Gasteiger partial charge in [0.25, 0.3) is 0 Å². The molecule has 3 N–H and O–H groups in total. The molecule has 4 aromatic rings. The topological polar surface area (TPSA) is 124 Å². The van der Waals surface area contributed by atoms with E-state index in [0.29, 0.717) is 30.2 Å². The largest absolute Gasteiger partial charge is 0.477 e. The lowest BCUT2D eigenvalue weighted by atomic mass is 9.80. The number of alkyl halides is 2. The zero-order valence-electron chi connectivity index (χ0n) is 20.0. The molecule has 0 atom stereocenters. The Balaban J connectivity index is 1.22.